The Morgan fingerprint density at radius 3 is 2.69 bits per heavy atom. The topological polar surface area (TPSA) is 117 Å². The number of rotatable bonds is 8. The maximum absolute atomic E-state index is 12.3. The second-order valence-electron chi connectivity index (χ2n) is 8.44. The molecule has 0 aliphatic heterocycles. The molecule has 8 nitrogen and oxygen atoms in total. The van der Waals surface area contributed by atoms with Crippen LogP contribution in [-0.2, 0) is 4.79 Å². The first-order valence-electron chi connectivity index (χ1n) is 11.3. The Morgan fingerprint density at radius 1 is 1.11 bits per heavy atom. The van der Waals surface area contributed by atoms with Crippen molar-refractivity contribution in [3.63, 3.8) is 0 Å². The molecule has 1 aromatic heterocycles. The van der Waals surface area contributed by atoms with Crippen LogP contribution in [0.25, 0.3) is 22.3 Å². The van der Waals surface area contributed by atoms with Gasteiger partial charge in [-0.2, -0.15) is 0 Å². The van der Waals surface area contributed by atoms with E-state index in [0.29, 0.717) is 28.6 Å². The smallest absolute Gasteiger partial charge is 0.260 e. The number of aromatic nitrogens is 2. The number of nitrogen functional groups attached to an aromatic ring is 1. The van der Waals surface area contributed by atoms with Crippen molar-refractivity contribution in [2.45, 2.75) is 19.9 Å². The molecule has 0 fully saturated rings. The first-order chi connectivity index (χ1) is 16.9. The second-order valence-corrected chi connectivity index (χ2v) is 8.44. The van der Waals surface area contributed by atoms with E-state index in [-0.39, 0.29) is 18.6 Å². The number of hydrogen-bond acceptors (Lipinski definition) is 7. The van der Waals surface area contributed by atoms with Crippen LogP contribution < -0.4 is 15.8 Å². The largest absolute Gasteiger partial charge is 0.484 e. The molecule has 0 radical (unpaired) electrons. The van der Waals surface area contributed by atoms with E-state index in [2.05, 4.69) is 5.32 Å². The molecule has 0 unspecified atom stereocenters. The zero-order valence-electron chi connectivity index (χ0n) is 19.9. The Balaban J connectivity index is 1.66. The Bertz CT molecular complexity index is 1390. The van der Waals surface area contributed by atoms with E-state index in [1.54, 1.807) is 30.1 Å². The van der Waals surface area contributed by atoms with Gasteiger partial charge in [-0.1, -0.05) is 24.3 Å². The van der Waals surface area contributed by atoms with Crippen LogP contribution in [0.5, 0.6) is 5.75 Å². The number of hydrogen-bond donors (Lipinski definition) is 3. The van der Waals surface area contributed by atoms with Crippen molar-refractivity contribution in [2.24, 2.45) is 0 Å². The molecule has 4 N–H and O–H groups in total. The molecule has 0 bridgehead atoms. The normalized spacial score (nSPS) is 10.9. The molecule has 1 heterocycles. The lowest BCUT2D eigenvalue weighted by Gasteiger charge is -2.21. The first-order valence-corrected chi connectivity index (χ1v) is 11.3. The van der Waals surface area contributed by atoms with E-state index in [0.717, 1.165) is 22.2 Å². The van der Waals surface area contributed by atoms with Crippen molar-refractivity contribution in [3.05, 3.63) is 72.3 Å². The first kappa shape index (κ1) is 23.7. The zero-order valence-corrected chi connectivity index (χ0v) is 19.9. The standard InChI is InChI=1S/C27H28N6O2/c1-17(2)33(3)25(34)16-35-21-8-6-7-18(14-21)26-31-24-10-5-4-9-22(24)27(32-26)30-20-11-12-23(29)19(13-20)15-28/h4-15,17,28H,16,29H2,1-3H3,(H,30,31,32). The molecule has 0 saturated heterocycles. The minimum atomic E-state index is -0.0911. The highest BCUT2D eigenvalue weighted by Crippen LogP contribution is 2.29. The Hall–Kier alpha value is -4.46. The van der Waals surface area contributed by atoms with E-state index in [9.17, 15) is 4.79 Å². The average Bonchev–Trinajstić information content (AvgIpc) is 2.87. The summed E-state index contributed by atoms with van der Waals surface area (Å²) in [6.45, 7) is 3.87. The maximum Gasteiger partial charge on any atom is 0.260 e. The van der Waals surface area contributed by atoms with Gasteiger partial charge in [0.1, 0.15) is 11.6 Å². The molecule has 3 aromatic carbocycles. The van der Waals surface area contributed by atoms with E-state index in [1.165, 1.54) is 6.21 Å². The monoisotopic (exact) mass is 468 g/mol. The van der Waals surface area contributed by atoms with Crippen LogP contribution in [-0.4, -0.2) is 46.7 Å². The number of carbonyl (C=O) groups is 1. The van der Waals surface area contributed by atoms with Crippen molar-refractivity contribution in [1.82, 2.24) is 14.9 Å². The highest BCUT2D eigenvalue weighted by molar-refractivity contribution is 5.93. The Kier molecular flexibility index (Phi) is 6.91. The van der Waals surface area contributed by atoms with Crippen molar-refractivity contribution in [3.8, 4) is 17.1 Å². The van der Waals surface area contributed by atoms with Gasteiger partial charge >= 0.3 is 0 Å². The molecule has 8 heteroatoms. The van der Waals surface area contributed by atoms with Gasteiger partial charge in [0.2, 0.25) is 0 Å². The van der Waals surface area contributed by atoms with E-state index >= 15 is 0 Å². The van der Waals surface area contributed by atoms with Gasteiger partial charge in [0.15, 0.2) is 12.4 Å². The fraction of sp³-hybridized carbons (Fsp3) is 0.185. The lowest BCUT2D eigenvalue weighted by molar-refractivity contribution is -0.133. The summed E-state index contributed by atoms with van der Waals surface area (Å²) in [7, 11) is 1.76. The summed E-state index contributed by atoms with van der Waals surface area (Å²) in [6, 6.07) is 20.6. The molecule has 0 spiro atoms. The van der Waals surface area contributed by atoms with Crippen LogP contribution in [0.4, 0.5) is 17.2 Å². The predicted octanol–water partition coefficient (Wildman–Crippen LogP) is 4.87. The van der Waals surface area contributed by atoms with Gasteiger partial charge in [-0.25, -0.2) is 9.97 Å². The van der Waals surface area contributed by atoms with E-state index in [4.69, 9.17) is 25.8 Å². The molecule has 35 heavy (non-hydrogen) atoms. The Morgan fingerprint density at radius 2 is 1.91 bits per heavy atom. The molecular weight excluding hydrogens is 440 g/mol. The number of ether oxygens (including phenoxy) is 1. The summed E-state index contributed by atoms with van der Waals surface area (Å²) in [5, 5.41) is 11.8. The third kappa shape index (κ3) is 5.38. The second kappa shape index (κ2) is 10.2. The zero-order chi connectivity index (χ0) is 24.9. The number of carbonyl (C=O) groups excluding carboxylic acids is 1. The Labute approximate surface area is 204 Å². The molecule has 0 aliphatic rings. The third-order valence-electron chi connectivity index (χ3n) is 5.73. The van der Waals surface area contributed by atoms with Crippen molar-refractivity contribution in [1.29, 1.82) is 5.41 Å². The summed E-state index contributed by atoms with van der Waals surface area (Å²) in [5.74, 6) is 1.62. The highest BCUT2D eigenvalue weighted by atomic mass is 16.5. The number of nitrogens with two attached hydrogens (primary N) is 1. The quantitative estimate of drug-likeness (QED) is 0.251. The van der Waals surface area contributed by atoms with Crippen LogP contribution in [0.3, 0.4) is 0 Å². The third-order valence-corrected chi connectivity index (χ3v) is 5.73. The van der Waals surface area contributed by atoms with Crippen molar-refractivity contribution >= 4 is 40.2 Å². The van der Waals surface area contributed by atoms with Gasteiger partial charge in [0.05, 0.1) is 5.52 Å². The van der Waals surface area contributed by atoms with E-state index < -0.39 is 0 Å². The van der Waals surface area contributed by atoms with Gasteiger partial charge in [-0.3, -0.25) is 4.79 Å². The molecule has 4 rings (SSSR count). The average molecular weight is 469 g/mol. The summed E-state index contributed by atoms with van der Waals surface area (Å²) in [5.41, 5.74) is 9.39. The van der Waals surface area contributed by atoms with Gasteiger partial charge in [0, 0.05) is 47.2 Å². The number of para-hydroxylation sites is 1. The van der Waals surface area contributed by atoms with Crippen LogP contribution in [0, 0.1) is 5.41 Å². The summed E-state index contributed by atoms with van der Waals surface area (Å²) in [4.78, 5) is 23.5. The van der Waals surface area contributed by atoms with Gasteiger partial charge in [0.25, 0.3) is 5.91 Å². The fourth-order valence-electron chi connectivity index (χ4n) is 3.48. The van der Waals surface area contributed by atoms with Crippen molar-refractivity contribution in [2.75, 3.05) is 24.7 Å². The number of anilines is 3. The predicted molar refractivity (Wildman–Crippen MR) is 140 cm³/mol. The highest BCUT2D eigenvalue weighted by Gasteiger charge is 2.14. The number of nitrogens with one attached hydrogen (secondary N) is 2. The summed E-state index contributed by atoms with van der Waals surface area (Å²) in [6.07, 6.45) is 1.22. The molecular formula is C27H28N6O2. The molecule has 0 aliphatic carbocycles. The number of benzene rings is 3. The fourth-order valence-corrected chi connectivity index (χ4v) is 3.48. The summed E-state index contributed by atoms with van der Waals surface area (Å²) >= 11 is 0. The van der Waals surface area contributed by atoms with Gasteiger partial charge in [-0.15, -0.1) is 0 Å². The molecule has 0 saturated carbocycles. The van der Waals surface area contributed by atoms with E-state index in [1.807, 2.05) is 62.4 Å². The lowest BCUT2D eigenvalue weighted by Crippen LogP contribution is -2.36. The van der Waals surface area contributed by atoms with Crippen LogP contribution in [0.1, 0.15) is 19.4 Å². The van der Waals surface area contributed by atoms with Crippen LogP contribution >= 0.6 is 0 Å². The maximum atomic E-state index is 12.3. The van der Waals surface area contributed by atoms with Gasteiger partial charge < -0.3 is 26.1 Å². The van der Waals surface area contributed by atoms with Gasteiger partial charge in [-0.05, 0) is 56.3 Å². The molecule has 4 aromatic rings. The van der Waals surface area contributed by atoms with Crippen LogP contribution in [0.2, 0.25) is 0 Å². The molecule has 178 valence electrons. The SMILES string of the molecule is CC(C)N(C)C(=O)COc1cccc(-c2nc(Nc3ccc(N)c(C=N)c3)c3ccccc3n2)c1. The minimum Gasteiger partial charge on any atom is -0.484 e. The lowest BCUT2D eigenvalue weighted by atomic mass is 10.1. The molecule has 1 amide bonds. The minimum absolute atomic E-state index is 0.0456. The number of likely N-dealkylation sites (N-methyl/N-ethyl adjacent to an activating group) is 1. The summed E-state index contributed by atoms with van der Waals surface area (Å²) < 4.78 is 5.76. The van der Waals surface area contributed by atoms with Crippen LogP contribution in [0.15, 0.2) is 66.7 Å². The number of nitrogens with zero attached hydrogens (tertiary/aromatic N) is 3. The molecule has 0 atom stereocenters. The van der Waals surface area contributed by atoms with Crippen molar-refractivity contribution < 1.29 is 9.53 Å². The number of fused-ring (bicyclic) bond motifs is 1. The number of amides is 1.